The van der Waals surface area contributed by atoms with Crippen LogP contribution in [0.4, 0.5) is 13.2 Å². The fourth-order valence-corrected chi connectivity index (χ4v) is 1.40. The maximum Gasteiger partial charge on any atom is 0.409 e. The van der Waals surface area contributed by atoms with E-state index < -0.39 is 6.18 Å². The molecule has 1 fully saturated rings. The van der Waals surface area contributed by atoms with Crippen molar-refractivity contribution in [3.05, 3.63) is 12.2 Å². The summed E-state index contributed by atoms with van der Waals surface area (Å²) in [5, 5.41) is 0. The summed E-state index contributed by atoms with van der Waals surface area (Å²) >= 11 is 0. The molecule has 3 heteroatoms. The molecule has 0 bridgehead atoms. The zero-order valence-electron chi connectivity index (χ0n) is 6.19. The van der Waals surface area contributed by atoms with E-state index in [1.807, 2.05) is 0 Å². The van der Waals surface area contributed by atoms with Crippen LogP contribution in [0.15, 0.2) is 12.2 Å². The zero-order chi connectivity index (χ0) is 8.32. The van der Waals surface area contributed by atoms with Crippen molar-refractivity contribution in [2.24, 2.45) is 5.92 Å². The van der Waals surface area contributed by atoms with Gasteiger partial charge in [-0.3, -0.25) is 0 Å². The van der Waals surface area contributed by atoms with E-state index in [2.05, 4.69) is 0 Å². The first kappa shape index (κ1) is 8.62. The Morgan fingerprint density at radius 3 is 2.09 bits per heavy atom. The molecule has 0 saturated heterocycles. The Morgan fingerprint density at radius 2 is 1.64 bits per heavy atom. The summed E-state index contributed by atoms with van der Waals surface area (Å²) in [5.41, 5.74) is 0. The highest BCUT2D eigenvalue weighted by molar-refractivity contribution is 4.94. The molecule has 0 aromatic rings. The van der Waals surface area contributed by atoms with Crippen LogP contribution in [-0.4, -0.2) is 6.18 Å². The summed E-state index contributed by atoms with van der Waals surface area (Å²) in [5.74, 6) is 0.177. The Bertz CT molecular complexity index is 140. The molecule has 0 atom stereocenters. The zero-order valence-corrected chi connectivity index (χ0v) is 6.19. The quantitative estimate of drug-likeness (QED) is 0.521. The highest BCUT2D eigenvalue weighted by Gasteiger charge is 2.23. The third kappa shape index (κ3) is 3.44. The van der Waals surface area contributed by atoms with Crippen LogP contribution >= 0.6 is 0 Å². The SMILES string of the molecule is FC(F)(F)/C=C/C1CCCC1. The summed E-state index contributed by atoms with van der Waals surface area (Å²) in [4.78, 5) is 0. The van der Waals surface area contributed by atoms with Crippen LogP contribution in [0, 0.1) is 5.92 Å². The van der Waals surface area contributed by atoms with Crippen LogP contribution in [0.3, 0.4) is 0 Å². The second-order valence-corrected chi connectivity index (χ2v) is 2.95. The lowest BCUT2D eigenvalue weighted by atomic mass is 10.1. The Labute approximate surface area is 64.1 Å². The van der Waals surface area contributed by atoms with Gasteiger partial charge in [-0.15, -0.1) is 0 Å². The molecule has 0 aromatic carbocycles. The van der Waals surface area contributed by atoms with Crippen LogP contribution in [-0.2, 0) is 0 Å². The van der Waals surface area contributed by atoms with Crippen molar-refractivity contribution in [1.29, 1.82) is 0 Å². The third-order valence-corrected chi connectivity index (χ3v) is 1.96. The number of hydrogen-bond donors (Lipinski definition) is 0. The highest BCUT2D eigenvalue weighted by Crippen LogP contribution is 2.27. The van der Waals surface area contributed by atoms with E-state index in [0.29, 0.717) is 6.08 Å². The van der Waals surface area contributed by atoms with Crippen LogP contribution in [0.2, 0.25) is 0 Å². The van der Waals surface area contributed by atoms with Gasteiger partial charge in [0, 0.05) is 6.08 Å². The van der Waals surface area contributed by atoms with Gasteiger partial charge in [0.2, 0.25) is 0 Å². The van der Waals surface area contributed by atoms with E-state index in [1.165, 1.54) is 6.08 Å². The summed E-state index contributed by atoms with van der Waals surface area (Å²) in [7, 11) is 0. The van der Waals surface area contributed by atoms with Crippen molar-refractivity contribution in [2.45, 2.75) is 31.9 Å². The molecule has 0 aliphatic heterocycles. The van der Waals surface area contributed by atoms with Crippen LogP contribution in [0.25, 0.3) is 0 Å². The van der Waals surface area contributed by atoms with Gasteiger partial charge in [-0.25, -0.2) is 0 Å². The van der Waals surface area contributed by atoms with Gasteiger partial charge in [0.1, 0.15) is 0 Å². The average molecular weight is 164 g/mol. The number of allylic oxidation sites excluding steroid dienone is 2. The Kier molecular flexibility index (Phi) is 2.58. The van der Waals surface area contributed by atoms with E-state index >= 15 is 0 Å². The van der Waals surface area contributed by atoms with Gasteiger partial charge in [0.15, 0.2) is 0 Å². The van der Waals surface area contributed by atoms with E-state index in [4.69, 9.17) is 0 Å². The van der Waals surface area contributed by atoms with Crippen molar-refractivity contribution in [3.8, 4) is 0 Å². The van der Waals surface area contributed by atoms with Crippen LogP contribution in [0.5, 0.6) is 0 Å². The number of halogens is 3. The first-order valence-electron chi connectivity index (χ1n) is 3.84. The predicted octanol–water partition coefficient (Wildman–Crippen LogP) is 3.30. The van der Waals surface area contributed by atoms with Crippen molar-refractivity contribution in [3.63, 3.8) is 0 Å². The molecule has 0 unspecified atom stereocenters. The molecule has 0 amide bonds. The monoisotopic (exact) mass is 164 g/mol. The molecule has 64 valence electrons. The van der Waals surface area contributed by atoms with E-state index in [9.17, 15) is 13.2 Å². The molecular formula is C8H11F3. The molecular weight excluding hydrogens is 153 g/mol. The summed E-state index contributed by atoms with van der Waals surface area (Å²) in [6.07, 6.45) is 1.54. The normalized spacial score (nSPS) is 21.7. The van der Waals surface area contributed by atoms with Crippen molar-refractivity contribution in [1.82, 2.24) is 0 Å². The minimum atomic E-state index is -4.12. The smallest absolute Gasteiger partial charge is 0.167 e. The lowest BCUT2D eigenvalue weighted by molar-refractivity contribution is -0.0802. The van der Waals surface area contributed by atoms with Gasteiger partial charge in [-0.1, -0.05) is 18.9 Å². The first-order chi connectivity index (χ1) is 5.08. The Morgan fingerprint density at radius 1 is 1.09 bits per heavy atom. The van der Waals surface area contributed by atoms with Crippen molar-refractivity contribution in [2.75, 3.05) is 0 Å². The molecule has 0 aromatic heterocycles. The highest BCUT2D eigenvalue weighted by atomic mass is 19.4. The van der Waals surface area contributed by atoms with Crippen molar-refractivity contribution >= 4 is 0 Å². The standard InChI is InChI=1S/C8H11F3/c9-8(10,11)6-5-7-3-1-2-4-7/h5-7H,1-4H2/b6-5+. The molecule has 0 heterocycles. The molecule has 1 rings (SSSR count). The summed E-state index contributed by atoms with van der Waals surface area (Å²) in [6.45, 7) is 0. The maximum atomic E-state index is 11.6. The lowest BCUT2D eigenvalue weighted by Crippen LogP contribution is -2.02. The average Bonchev–Trinajstić information content (AvgIpc) is 2.32. The van der Waals surface area contributed by atoms with E-state index in [1.54, 1.807) is 0 Å². The van der Waals surface area contributed by atoms with Crippen LogP contribution < -0.4 is 0 Å². The Hall–Kier alpha value is -0.470. The van der Waals surface area contributed by atoms with E-state index in [-0.39, 0.29) is 5.92 Å². The minimum absolute atomic E-state index is 0.177. The topological polar surface area (TPSA) is 0 Å². The fourth-order valence-electron chi connectivity index (χ4n) is 1.40. The first-order valence-corrected chi connectivity index (χ1v) is 3.84. The molecule has 0 spiro atoms. The van der Waals surface area contributed by atoms with Gasteiger partial charge >= 0.3 is 6.18 Å². The van der Waals surface area contributed by atoms with Gasteiger partial charge in [-0.2, -0.15) is 13.2 Å². The fraction of sp³-hybridized carbons (Fsp3) is 0.750. The second kappa shape index (κ2) is 3.28. The van der Waals surface area contributed by atoms with Crippen molar-refractivity contribution < 1.29 is 13.2 Å². The van der Waals surface area contributed by atoms with Gasteiger partial charge in [-0.05, 0) is 18.8 Å². The number of alkyl halides is 3. The van der Waals surface area contributed by atoms with Gasteiger partial charge < -0.3 is 0 Å². The number of rotatable bonds is 1. The molecule has 1 saturated carbocycles. The Balaban J connectivity index is 2.34. The predicted molar refractivity (Wildman–Crippen MR) is 37.2 cm³/mol. The van der Waals surface area contributed by atoms with Gasteiger partial charge in [0.25, 0.3) is 0 Å². The lowest BCUT2D eigenvalue weighted by Gasteiger charge is -2.01. The second-order valence-electron chi connectivity index (χ2n) is 2.95. The molecule has 0 nitrogen and oxygen atoms in total. The summed E-state index contributed by atoms with van der Waals surface area (Å²) in [6, 6.07) is 0. The van der Waals surface area contributed by atoms with Gasteiger partial charge in [0.05, 0.1) is 0 Å². The molecule has 0 N–H and O–H groups in total. The molecule has 0 radical (unpaired) electrons. The summed E-state index contributed by atoms with van der Waals surface area (Å²) < 4.78 is 34.9. The maximum absolute atomic E-state index is 11.6. The molecule has 11 heavy (non-hydrogen) atoms. The van der Waals surface area contributed by atoms with Crippen LogP contribution in [0.1, 0.15) is 25.7 Å². The van der Waals surface area contributed by atoms with E-state index in [0.717, 1.165) is 25.7 Å². The largest absolute Gasteiger partial charge is 0.409 e. The molecule has 1 aliphatic carbocycles. The molecule has 1 aliphatic rings. The minimum Gasteiger partial charge on any atom is -0.167 e. The number of hydrogen-bond acceptors (Lipinski definition) is 0. The third-order valence-electron chi connectivity index (χ3n) is 1.96.